The second kappa shape index (κ2) is 6.96. The molecule has 1 heterocycles. The molecule has 20 heavy (non-hydrogen) atoms. The van der Waals surface area contributed by atoms with Crippen molar-refractivity contribution in [2.75, 3.05) is 13.2 Å². The van der Waals surface area contributed by atoms with E-state index in [1.54, 1.807) is 17.4 Å². The maximum Gasteiger partial charge on any atom is 0.335 e. The molecule has 2 rings (SSSR count). The van der Waals surface area contributed by atoms with Gasteiger partial charge in [-0.2, -0.15) is 11.3 Å². The number of rotatable bonds is 7. The highest BCUT2D eigenvalue weighted by Gasteiger charge is 2.10. The Hall–Kier alpha value is -2.01. The summed E-state index contributed by atoms with van der Waals surface area (Å²) < 4.78 is 11.1. The van der Waals surface area contributed by atoms with Crippen LogP contribution in [0.4, 0.5) is 0 Å². The van der Waals surface area contributed by atoms with Crippen molar-refractivity contribution < 1.29 is 19.4 Å². The molecule has 0 bridgehead atoms. The number of ether oxygens (including phenoxy) is 2. The summed E-state index contributed by atoms with van der Waals surface area (Å²) in [6.45, 7) is 2.84. The van der Waals surface area contributed by atoms with E-state index in [0.717, 1.165) is 6.42 Å². The molecule has 0 amide bonds. The van der Waals surface area contributed by atoms with Crippen molar-refractivity contribution in [2.24, 2.45) is 0 Å². The van der Waals surface area contributed by atoms with Gasteiger partial charge in [0.25, 0.3) is 0 Å². The summed E-state index contributed by atoms with van der Waals surface area (Å²) in [6, 6.07) is 6.71. The van der Waals surface area contributed by atoms with Crippen LogP contribution in [-0.2, 0) is 6.42 Å². The van der Waals surface area contributed by atoms with Crippen LogP contribution < -0.4 is 9.47 Å². The van der Waals surface area contributed by atoms with Crippen molar-refractivity contribution >= 4 is 17.3 Å². The van der Waals surface area contributed by atoms with E-state index in [1.807, 2.05) is 12.3 Å². The van der Waals surface area contributed by atoms with Gasteiger partial charge in [0.1, 0.15) is 0 Å². The average Bonchev–Trinajstić information content (AvgIpc) is 2.93. The van der Waals surface area contributed by atoms with Gasteiger partial charge in [-0.1, -0.05) is 0 Å². The first-order valence-corrected chi connectivity index (χ1v) is 7.29. The molecule has 0 saturated heterocycles. The van der Waals surface area contributed by atoms with Gasteiger partial charge in [-0.05, 0) is 47.5 Å². The Kier molecular flexibility index (Phi) is 5.01. The van der Waals surface area contributed by atoms with Crippen molar-refractivity contribution in [2.45, 2.75) is 13.3 Å². The zero-order valence-electron chi connectivity index (χ0n) is 11.2. The van der Waals surface area contributed by atoms with Gasteiger partial charge in [-0.25, -0.2) is 4.79 Å². The molecule has 0 fully saturated rings. The number of benzene rings is 1. The Morgan fingerprint density at radius 1 is 1.25 bits per heavy atom. The summed E-state index contributed by atoms with van der Waals surface area (Å²) in [7, 11) is 0. The Morgan fingerprint density at radius 3 is 2.75 bits per heavy atom. The molecule has 4 nitrogen and oxygen atoms in total. The van der Waals surface area contributed by atoms with Gasteiger partial charge < -0.3 is 14.6 Å². The van der Waals surface area contributed by atoms with E-state index in [4.69, 9.17) is 14.6 Å². The lowest BCUT2D eigenvalue weighted by molar-refractivity contribution is 0.0696. The van der Waals surface area contributed by atoms with E-state index in [9.17, 15) is 4.79 Å². The van der Waals surface area contributed by atoms with Crippen LogP contribution in [0.5, 0.6) is 11.5 Å². The van der Waals surface area contributed by atoms with Crippen LogP contribution in [0, 0.1) is 0 Å². The van der Waals surface area contributed by atoms with Crippen molar-refractivity contribution in [1.29, 1.82) is 0 Å². The molecule has 1 aromatic carbocycles. The molecule has 0 aliphatic heterocycles. The van der Waals surface area contributed by atoms with Gasteiger partial charge in [-0.3, -0.25) is 0 Å². The Morgan fingerprint density at radius 2 is 2.10 bits per heavy atom. The SMILES string of the molecule is CCOc1cc(C(=O)O)ccc1OCCc1ccsc1. The summed E-state index contributed by atoms with van der Waals surface area (Å²) in [5.41, 5.74) is 1.42. The van der Waals surface area contributed by atoms with Gasteiger partial charge in [0.15, 0.2) is 11.5 Å². The molecule has 0 aliphatic rings. The van der Waals surface area contributed by atoms with Crippen LogP contribution in [-0.4, -0.2) is 24.3 Å². The van der Waals surface area contributed by atoms with Crippen LogP contribution in [0.1, 0.15) is 22.8 Å². The number of hydrogen-bond acceptors (Lipinski definition) is 4. The fraction of sp³-hybridized carbons (Fsp3) is 0.267. The number of thiophene rings is 1. The quantitative estimate of drug-likeness (QED) is 0.849. The number of carboxylic acids is 1. The third-order valence-electron chi connectivity index (χ3n) is 2.72. The summed E-state index contributed by atoms with van der Waals surface area (Å²) in [4.78, 5) is 10.9. The number of aromatic carboxylic acids is 1. The molecule has 2 aromatic rings. The van der Waals surface area contributed by atoms with Gasteiger partial charge in [-0.15, -0.1) is 0 Å². The third-order valence-corrected chi connectivity index (χ3v) is 3.45. The van der Waals surface area contributed by atoms with Crippen LogP contribution >= 0.6 is 11.3 Å². The smallest absolute Gasteiger partial charge is 0.335 e. The van der Waals surface area contributed by atoms with Gasteiger partial charge >= 0.3 is 5.97 Å². The molecule has 1 N–H and O–H groups in total. The first kappa shape index (κ1) is 14.4. The maximum absolute atomic E-state index is 10.9. The zero-order chi connectivity index (χ0) is 14.4. The fourth-order valence-electron chi connectivity index (χ4n) is 1.74. The predicted octanol–water partition coefficient (Wildman–Crippen LogP) is 3.47. The van der Waals surface area contributed by atoms with Crippen LogP contribution in [0.25, 0.3) is 0 Å². The average molecular weight is 292 g/mol. The first-order chi connectivity index (χ1) is 9.70. The summed E-state index contributed by atoms with van der Waals surface area (Å²) in [5, 5.41) is 13.1. The highest BCUT2D eigenvalue weighted by atomic mass is 32.1. The minimum Gasteiger partial charge on any atom is -0.490 e. The Balaban J connectivity index is 2.03. The first-order valence-electron chi connectivity index (χ1n) is 6.34. The van der Waals surface area contributed by atoms with Crippen molar-refractivity contribution in [3.63, 3.8) is 0 Å². The van der Waals surface area contributed by atoms with E-state index in [-0.39, 0.29) is 5.56 Å². The molecule has 0 atom stereocenters. The molecule has 0 radical (unpaired) electrons. The molecule has 0 unspecified atom stereocenters. The topological polar surface area (TPSA) is 55.8 Å². The standard InChI is InChI=1S/C15H16O4S/c1-2-18-14-9-12(15(16)17)3-4-13(14)19-7-5-11-6-8-20-10-11/h3-4,6,8-10H,2,5,7H2,1H3,(H,16,17). The minimum absolute atomic E-state index is 0.193. The van der Waals surface area contributed by atoms with Gasteiger partial charge in [0, 0.05) is 6.42 Å². The van der Waals surface area contributed by atoms with Gasteiger partial charge in [0.05, 0.1) is 18.8 Å². The molecular formula is C15H16O4S. The molecule has 1 aromatic heterocycles. The number of carboxylic acid groups (broad SMARTS) is 1. The second-order valence-corrected chi connectivity index (χ2v) is 4.91. The number of hydrogen-bond donors (Lipinski definition) is 1. The number of carbonyl (C=O) groups is 1. The van der Waals surface area contributed by atoms with E-state index < -0.39 is 5.97 Å². The van der Waals surface area contributed by atoms with Crippen molar-refractivity contribution in [3.8, 4) is 11.5 Å². The van der Waals surface area contributed by atoms with Crippen LogP contribution in [0.2, 0.25) is 0 Å². The highest BCUT2D eigenvalue weighted by molar-refractivity contribution is 7.07. The normalized spacial score (nSPS) is 10.2. The maximum atomic E-state index is 10.9. The molecule has 0 spiro atoms. The fourth-order valence-corrected chi connectivity index (χ4v) is 2.45. The van der Waals surface area contributed by atoms with Crippen LogP contribution in [0.3, 0.4) is 0 Å². The van der Waals surface area contributed by atoms with Gasteiger partial charge in [0.2, 0.25) is 0 Å². The Bertz CT molecular complexity index is 563. The van der Waals surface area contributed by atoms with E-state index in [1.165, 1.54) is 17.7 Å². The monoisotopic (exact) mass is 292 g/mol. The summed E-state index contributed by atoms with van der Waals surface area (Å²) in [5.74, 6) is 0.0700. The predicted molar refractivity (Wildman–Crippen MR) is 78.1 cm³/mol. The van der Waals surface area contributed by atoms with Crippen molar-refractivity contribution in [1.82, 2.24) is 0 Å². The van der Waals surface area contributed by atoms with Crippen LogP contribution in [0.15, 0.2) is 35.0 Å². The molecule has 5 heteroatoms. The zero-order valence-corrected chi connectivity index (χ0v) is 12.0. The lowest BCUT2D eigenvalue weighted by Crippen LogP contribution is -2.05. The molecule has 0 saturated carbocycles. The summed E-state index contributed by atoms with van der Waals surface area (Å²) in [6.07, 6.45) is 0.815. The largest absolute Gasteiger partial charge is 0.490 e. The van der Waals surface area contributed by atoms with Crippen molar-refractivity contribution in [3.05, 3.63) is 46.2 Å². The molecule has 106 valence electrons. The minimum atomic E-state index is -0.976. The molecular weight excluding hydrogens is 276 g/mol. The van der Waals surface area contributed by atoms with E-state index >= 15 is 0 Å². The lowest BCUT2D eigenvalue weighted by Gasteiger charge is -2.12. The van der Waals surface area contributed by atoms with E-state index in [0.29, 0.717) is 24.7 Å². The second-order valence-electron chi connectivity index (χ2n) is 4.13. The summed E-state index contributed by atoms with van der Waals surface area (Å²) >= 11 is 1.66. The molecule has 0 aliphatic carbocycles. The van der Waals surface area contributed by atoms with E-state index in [2.05, 4.69) is 11.4 Å². The third kappa shape index (κ3) is 3.74. The highest BCUT2D eigenvalue weighted by Crippen LogP contribution is 2.28. The lowest BCUT2D eigenvalue weighted by atomic mass is 10.2. The Labute approximate surface area is 121 Å².